The number of nitrogens with two attached hydrogens (primary N) is 1. The molecule has 1 aromatic rings. The molecule has 2 N–H and O–H groups in total. The van der Waals surface area contributed by atoms with Crippen molar-refractivity contribution in [3.8, 4) is 0 Å². The number of nitrogens with zero attached hydrogens (tertiary/aromatic N) is 1. The number of halogens is 1. The van der Waals surface area contributed by atoms with E-state index in [1.54, 1.807) is 4.31 Å². The van der Waals surface area contributed by atoms with Gasteiger partial charge in [-0.15, -0.1) is 0 Å². The van der Waals surface area contributed by atoms with Crippen LogP contribution in [0.15, 0.2) is 23.1 Å². The molecule has 1 saturated carbocycles. The van der Waals surface area contributed by atoms with Crippen LogP contribution in [0.25, 0.3) is 0 Å². The molecule has 7 heteroatoms. The predicted octanol–water partition coefficient (Wildman–Crippen LogP) is 1.86. The molecule has 1 aliphatic carbocycles. The summed E-state index contributed by atoms with van der Waals surface area (Å²) in [6, 6.07) is 4.41. The first-order chi connectivity index (χ1) is 9.50. The van der Waals surface area contributed by atoms with Crippen LogP contribution < -0.4 is 5.73 Å². The minimum absolute atomic E-state index is 0.0304. The second-order valence-electron chi connectivity index (χ2n) is 5.21. The fourth-order valence-electron chi connectivity index (χ4n) is 2.99. The van der Waals surface area contributed by atoms with Gasteiger partial charge >= 0.3 is 0 Å². The van der Waals surface area contributed by atoms with Gasteiger partial charge < -0.3 is 10.5 Å². The number of morpholine rings is 1. The van der Waals surface area contributed by atoms with Gasteiger partial charge in [0.25, 0.3) is 0 Å². The molecule has 2 aliphatic rings. The molecular weight excluding hydrogens is 300 g/mol. The summed E-state index contributed by atoms with van der Waals surface area (Å²) in [5.74, 6) is 0. The van der Waals surface area contributed by atoms with E-state index in [0.29, 0.717) is 18.8 Å². The van der Waals surface area contributed by atoms with Crippen LogP contribution in [-0.2, 0) is 14.8 Å². The van der Waals surface area contributed by atoms with E-state index < -0.39 is 10.0 Å². The van der Waals surface area contributed by atoms with E-state index in [2.05, 4.69) is 0 Å². The zero-order chi connectivity index (χ0) is 14.3. The lowest BCUT2D eigenvalue weighted by Gasteiger charge is -2.36. The van der Waals surface area contributed by atoms with Crippen LogP contribution in [0.5, 0.6) is 0 Å². The summed E-state index contributed by atoms with van der Waals surface area (Å²) < 4.78 is 32.7. The Balaban J connectivity index is 1.96. The molecule has 3 rings (SSSR count). The summed E-state index contributed by atoms with van der Waals surface area (Å²) in [4.78, 5) is 0.198. The summed E-state index contributed by atoms with van der Waals surface area (Å²) in [6.07, 6.45) is 2.82. The van der Waals surface area contributed by atoms with Gasteiger partial charge in [0, 0.05) is 6.54 Å². The summed E-state index contributed by atoms with van der Waals surface area (Å²) in [6.45, 7) is 0.842. The molecule has 5 nitrogen and oxygen atoms in total. The lowest BCUT2D eigenvalue weighted by molar-refractivity contribution is -0.0241. The van der Waals surface area contributed by atoms with Crippen LogP contribution in [-0.4, -0.2) is 38.0 Å². The maximum absolute atomic E-state index is 12.8. The minimum Gasteiger partial charge on any atom is -0.398 e. The van der Waals surface area contributed by atoms with E-state index in [4.69, 9.17) is 22.1 Å². The second-order valence-corrected chi connectivity index (χ2v) is 7.50. The first kappa shape index (κ1) is 14.1. The maximum Gasteiger partial charge on any atom is 0.243 e. The molecule has 2 fully saturated rings. The molecule has 0 amide bonds. The van der Waals surface area contributed by atoms with E-state index in [1.807, 2.05) is 0 Å². The lowest BCUT2D eigenvalue weighted by Crippen LogP contribution is -2.51. The van der Waals surface area contributed by atoms with Crippen LogP contribution in [0, 0.1) is 0 Å². The van der Waals surface area contributed by atoms with E-state index in [-0.39, 0.29) is 22.1 Å². The van der Waals surface area contributed by atoms with Crippen molar-refractivity contribution in [2.24, 2.45) is 0 Å². The van der Waals surface area contributed by atoms with Crippen molar-refractivity contribution in [2.75, 3.05) is 18.9 Å². The molecule has 110 valence electrons. The van der Waals surface area contributed by atoms with Crippen LogP contribution in [0.3, 0.4) is 0 Å². The molecule has 2 atom stereocenters. The molecule has 2 unspecified atom stereocenters. The second kappa shape index (κ2) is 5.18. The number of sulfonamides is 1. The minimum atomic E-state index is -3.54. The largest absolute Gasteiger partial charge is 0.398 e. The molecule has 1 aliphatic heterocycles. The topological polar surface area (TPSA) is 72.6 Å². The number of hydrogen-bond donors (Lipinski definition) is 1. The lowest BCUT2D eigenvalue weighted by atomic mass is 10.2. The first-order valence-corrected chi connectivity index (χ1v) is 8.50. The van der Waals surface area contributed by atoms with Crippen molar-refractivity contribution in [1.29, 1.82) is 0 Å². The van der Waals surface area contributed by atoms with Crippen molar-refractivity contribution in [1.82, 2.24) is 4.31 Å². The molecule has 1 saturated heterocycles. The molecule has 0 radical (unpaired) electrons. The number of anilines is 1. The van der Waals surface area contributed by atoms with Crippen molar-refractivity contribution in [3.05, 3.63) is 23.2 Å². The fourth-order valence-corrected chi connectivity index (χ4v) is 4.93. The van der Waals surface area contributed by atoms with Gasteiger partial charge in [-0.05, 0) is 37.5 Å². The standard InChI is InChI=1S/C13H17ClN2O3S/c14-10-8-9(4-5-11(10)15)20(17,18)16-6-7-19-13-3-1-2-12(13)16/h4-5,8,12-13H,1-3,6-7,15H2. The summed E-state index contributed by atoms with van der Waals surface area (Å²) >= 11 is 5.94. The van der Waals surface area contributed by atoms with Crippen LogP contribution in [0.2, 0.25) is 5.02 Å². The van der Waals surface area contributed by atoms with Crippen LogP contribution in [0.4, 0.5) is 5.69 Å². The highest BCUT2D eigenvalue weighted by Gasteiger charge is 2.42. The van der Waals surface area contributed by atoms with Crippen molar-refractivity contribution >= 4 is 27.3 Å². The maximum atomic E-state index is 12.8. The third kappa shape index (κ3) is 2.30. The van der Waals surface area contributed by atoms with E-state index in [1.165, 1.54) is 18.2 Å². The smallest absolute Gasteiger partial charge is 0.243 e. The van der Waals surface area contributed by atoms with Gasteiger partial charge in [0.05, 0.1) is 34.4 Å². The summed E-state index contributed by atoms with van der Waals surface area (Å²) in [5.41, 5.74) is 6.02. The van der Waals surface area contributed by atoms with Crippen molar-refractivity contribution < 1.29 is 13.2 Å². The predicted molar refractivity (Wildman–Crippen MR) is 77.1 cm³/mol. The number of fused-ring (bicyclic) bond motifs is 1. The highest BCUT2D eigenvalue weighted by molar-refractivity contribution is 7.89. The van der Waals surface area contributed by atoms with Gasteiger partial charge in [0.1, 0.15) is 0 Å². The molecule has 0 spiro atoms. The molecule has 1 aromatic carbocycles. The number of rotatable bonds is 2. The molecule has 0 bridgehead atoms. The number of benzene rings is 1. The van der Waals surface area contributed by atoms with Crippen LogP contribution >= 0.6 is 11.6 Å². The highest BCUT2D eigenvalue weighted by atomic mass is 35.5. The quantitative estimate of drug-likeness (QED) is 0.845. The summed E-state index contributed by atoms with van der Waals surface area (Å²) in [5, 5.41) is 0.266. The third-order valence-electron chi connectivity index (χ3n) is 4.01. The van der Waals surface area contributed by atoms with Crippen molar-refractivity contribution in [2.45, 2.75) is 36.3 Å². The third-order valence-corrected chi connectivity index (χ3v) is 6.26. The molecule has 20 heavy (non-hydrogen) atoms. The van der Waals surface area contributed by atoms with E-state index in [0.717, 1.165) is 19.3 Å². The number of hydrogen-bond acceptors (Lipinski definition) is 4. The SMILES string of the molecule is Nc1ccc(S(=O)(=O)N2CCOC3CCCC32)cc1Cl. The van der Waals surface area contributed by atoms with Gasteiger partial charge in [0.2, 0.25) is 10.0 Å². The first-order valence-electron chi connectivity index (χ1n) is 6.68. The van der Waals surface area contributed by atoms with Crippen molar-refractivity contribution in [3.63, 3.8) is 0 Å². The average Bonchev–Trinajstić information content (AvgIpc) is 2.89. The molecule has 1 heterocycles. The van der Waals surface area contributed by atoms with Gasteiger partial charge in [0.15, 0.2) is 0 Å². The fraction of sp³-hybridized carbons (Fsp3) is 0.538. The normalized spacial score (nSPS) is 27.4. The highest BCUT2D eigenvalue weighted by Crippen LogP contribution is 2.34. The molecule has 0 aromatic heterocycles. The van der Waals surface area contributed by atoms with Gasteiger partial charge in [-0.1, -0.05) is 11.6 Å². The Labute approximate surface area is 123 Å². The Hall–Kier alpha value is -0.820. The Morgan fingerprint density at radius 2 is 2.15 bits per heavy atom. The number of nitrogen functional groups attached to an aromatic ring is 1. The summed E-state index contributed by atoms with van der Waals surface area (Å²) in [7, 11) is -3.54. The average molecular weight is 317 g/mol. The Kier molecular flexibility index (Phi) is 3.66. The molecular formula is C13H17ClN2O3S. The zero-order valence-corrected chi connectivity index (χ0v) is 12.5. The van der Waals surface area contributed by atoms with Gasteiger partial charge in [-0.2, -0.15) is 4.31 Å². The monoisotopic (exact) mass is 316 g/mol. The van der Waals surface area contributed by atoms with Gasteiger partial charge in [-0.25, -0.2) is 8.42 Å². The van der Waals surface area contributed by atoms with E-state index in [9.17, 15) is 8.42 Å². The Morgan fingerprint density at radius 3 is 2.90 bits per heavy atom. The number of ether oxygens (including phenoxy) is 1. The van der Waals surface area contributed by atoms with E-state index >= 15 is 0 Å². The van der Waals surface area contributed by atoms with Gasteiger partial charge in [-0.3, -0.25) is 0 Å². The zero-order valence-electron chi connectivity index (χ0n) is 11.0. The Bertz CT molecular complexity index is 620. The van der Waals surface area contributed by atoms with Crippen LogP contribution in [0.1, 0.15) is 19.3 Å². The Morgan fingerprint density at radius 1 is 1.35 bits per heavy atom.